The highest BCUT2D eigenvalue weighted by atomic mass is 14.5. The molecular formula is C21H38. The molecule has 2 atom stereocenters. The van der Waals surface area contributed by atoms with Crippen molar-refractivity contribution < 1.29 is 0 Å². The minimum absolute atomic E-state index is 0.285. The van der Waals surface area contributed by atoms with Gasteiger partial charge in [-0.1, -0.05) is 92.5 Å². The van der Waals surface area contributed by atoms with Crippen LogP contribution in [0.4, 0.5) is 0 Å². The van der Waals surface area contributed by atoms with E-state index in [2.05, 4.69) is 68.5 Å². The topological polar surface area (TPSA) is 0 Å². The van der Waals surface area contributed by atoms with Crippen molar-refractivity contribution >= 4 is 0 Å². The standard InChI is InChI=1S/C21H38/c1-11-19(5,6)14-21(9,10)18-16(4)13-15(3)17(18)20(7,8)12-2/h17-18H,3-4,11-14H2,1-2,5-10H3. The van der Waals surface area contributed by atoms with Crippen LogP contribution in [0.2, 0.25) is 0 Å². The van der Waals surface area contributed by atoms with Crippen LogP contribution in [0.1, 0.15) is 81.1 Å². The minimum atomic E-state index is 0.285. The first kappa shape index (κ1) is 18.5. The lowest BCUT2D eigenvalue weighted by atomic mass is 9.58. The molecule has 1 rings (SSSR count). The van der Waals surface area contributed by atoms with E-state index in [-0.39, 0.29) is 5.41 Å². The molecule has 0 bridgehead atoms. The number of rotatable bonds is 6. The lowest BCUT2D eigenvalue weighted by molar-refractivity contribution is 0.0709. The Labute approximate surface area is 134 Å². The maximum absolute atomic E-state index is 4.45. The molecule has 1 aliphatic rings. The van der Waals surface area contributed by atoms with Gasteiger partial charge in [-0.3, -0.25) is 0 Å². The molecule has 0 spiro atoms. The van der Waals surface area contributed by atoms with Gasteiger partial charge in [0.1, 0.15) is 0 Å². The first-order valence-corrected chi connectivity index (χ1v) is 8.73. The molecule has 0 heteroatoms. The summed E-state index contributed by atoms with van der Waals surface area (Å²) in [5.74, 6) is 1.16. The summed E-state index contributed by atoms with van der Waals surface area (Å²) in [6.07, 6.45) is 4.73. The fraction of sp³-hybridized carbons (Fsp3) is 0.810. The van der Waals surface area contributed by atoms with Crippen LogP contribution in [0, 0.1) is 28.1 Å². The second-order valence-corrected chi connectivity index (χ2v) is 9.47. The van der Waals surface area contributed by atoms with Crippen LogP contribution in [0.3, 0.4) is 0 Å². The fourth-order valence-corrected chi connectivity index (χ4v) is 4.68. The van der Waals surface area contributed by atoms with E-state index < -0.39 is 0 Å². The Morgan fingerprint density at radius 1 is 0.810 bits per heavy atom. The third kappa shape index (κ3) is 3.82. The molecule has 1 saturated carbocycles. The van der Waals surface area contributed by atoms with Crippen molar-refractivity contribution in [3.8, 4) is 0 Å². The third-order valence-electron chi connectivity index (χ3n) is 6.15. The van der Waals surface area contributed by atoms with E-state index in [0.29, 0.717) is 22.7 Å². The lowest BCUT2D eigenvalue weighted by Gasteiger charge is -2.46. The molecule has 1 fully saturated rings. The molecule has 0 aromatic heterocycles. The van der Waals surface area contributed by atoms with Gasteiger partial charge in [0.05, 0.1) is 0 Å². The van der Waals surface area contributed by atoms with Crippen LogP contribution in [-0.2, 0) is 0 Å². The van der Waals surface area contributed by atoms with Gasteiger partial charge in [0.25, 0.3) is 0 Å². The van der Waals surface area contributed by atoms with E-state index in [1.165, 1.54) is 30.4 Å². The normalized spacial score (nSPS) is 24.8. The highest BCUT2D eigenvalue weighted by molar-refractivity contribution is 5.30. The predicted octanol–water partition coefficient (Wildman–Crippen LogP) is 7.02. The van der Waals surface area contributed by atoms with E-state index in [0.717, 1.165) is 6.42 Å². The molecule has 1 aliphatic carbocycles. The average molecular weight is 291 g/mol. The highest BCUT2D eigenvalue weighted by Gasteiger charge is 2.49. The van der Waals surface area contributed by atoms with Crippen LogP contribution in [0.5, 0.6) is 0 Å². The molecule has 0 aromatic carbocycles. The van der Waals surface area contributed by atoms with E-state index in [1.54, 1.807) is 0 Å². The Hall–Kier alpha value is -0.520. The van der Waals surface area contributed by atoms with Gasteiger partial charge in [0.15, 0.2) is 0 Å². The second kappa shape index (κ2) is 5.94. The van der Waals surface area contributed by atoms with Gasteiger partial charge in [0.2, 0.25) is 0 Å². The predicted molar refractivity (Wildman–Crippen MR) is 96.4 cm³/mol. The van der Waals surface area contributed by atoms with Gasteiger partial charge >= 0.3 is 0 Å². The minimum Gasteiger partial charge on any atom is -0.0992 e. The molecule has 0 aromatic rings. The Balaban J connectivity index is 3.17. The Kier molecular flexibility index (Phi) is 5.24. The summed E-state index contributed by atoms with van der Waals surface area (Å²) in [4.78, 5) is 0. The molecule has 2 unspecified atom stereocenters. The summed E-state index contributed by atoms with van der Waals surface area (Å²) in [5, 5.41) is 0. The SMILES string of the molecule is C=C1CC(=C)C(C(C)(C)CC(C)(C)CC)C1C(C)(C)CC. The monoisotopic (exact) mass is 290 g/mol. The molecular weight excluding hydrogens is 252 g/mol. The zero-order chi connectivity index (χ0) is 16.6. The van der Waals surface area contributed by atoms with Crippen LogP contribution < -0.4 is 0 Å². The molecule has 0 amide bonds. The quantitative estimate of drug-likeness (QED) is 0.461. The molecule has 0 radical (unpaired) electrons. The van der Waals surface area contributed by atoms with Crippen molar-refractivity contribution in [3.05, 3.63) is 24.3 Å². The number of hydrogen-bond donors (Lipinski definition) is 0. The van der Waals surface area contributed by atoms with Gasteiger partial charge in [-0.25, -0.2) is 0 Å². The van der Waals surface area contributed by atoms with Crippen LogP contribution >= 0.6 is 0 Å². The summed E-state index contributed by atoms with van der Waals surface area (Å²) in [5.41, 5.74) is 3.83. The van der Waals surface area contributed by atoms with Crippen molar-refractivity contribution in [2.75, 3.05) is 0 Å². The smallest absolute Gasteiger partial charge is 0.00804 e. The summed E-state index contributed by atoms with van der Waals surface area (Å²) in [6, 6.07) is 0. The van der Waals surface area contributed by atoms with Gasteiger partial charge < -0.3 is 0 Å². The second-order valence-electron chi connectivity index (χ2n) is 9.47. The number of hydrogen-bond acceptors (Lipinski definition) is 0. The van der Waals surface area contributed by atoms with Crippen LogP contribution in [0.15, 0.2) is 24.3 Å². The summed E-state index contributed by atoms with van der Waals surface area (Å²) in [6.45, 7) is 28.0. The van der Waals surface area contributed by atoms with Crippen molar-refractivity contribution in [3.63, 3.8) is 0 Å². The van der Waals surface area contributed by atoms with Gasteiger partial charge in [-0.05, 0) is 40.9 Å². The first-order valence-electron chi connectivity index (χ1n) is 8.73. The molecule has 21 heavy (non-hydrogen) atoms. The Bertz CT molecular complexity index is 406. The number of allylic oxidation sites excluding steroid dienone is 2. The molecule has 122 valence electrons. The van der Waals surface area contributed by atoms with Crippen molar-refractivity contribution in [1.29, 1.82) is 0 Å². The van der Waals surface area contributed by atoms with E-state index in [9.17, 15) is 0 Å². The van der Waals surface area contributed by atoms with Crippen molar-refractivity contribution in [2.45, 2.75) is 81.1 Å². The Morgan fingerprint density at radius 2 is 1.24 bits per heavy atom. The zero-order valence-electron chi connectivity index (χ0n) is 15.9. The van der Waals surface area contributed by atoms with Crippen molar-refractivity contribution in [2.24, 2.45) is 28.1 Å². The maximum atomic E-state index is 4.45. The summed E-state index contributed by atoms with van der Waals surface area (Å²) < 4.78 is 0. The first-order chi connectivity index (χ1) is 9.38. The summed E-state index contributed by atoms with van der Waals surface area (Å²) >= 11 is 0. The largest absolute Gasteiger partial charge is 0.0992 e. The highest BCUT2D eigenvalue weighted by Crippen LogP contribution is 2.58. The lowest BCUT2D eigenvalue weighted by Crippen LogP contribution is -2.38. The van der Waals surface area contributed by atoms with Crippen molar-refractivity contribution in [1.82, 2.24) is 0 Å². The van der Waals surface area contributed by atoms with Gasteiger partial charge in [-0.2, -0.15) is 0 Å². The van der Waals surface area contributed by atoms with E-state index in [1.807, 2.05) is 0 Å². The van der Waals surface area contributed by atoms with E-state index >= 15 is 0 Å². The fourth-order valence-electron chi connectivity index (χ4n) is 4.68. The van der Waals surface area contributed by atoms with Crippen LogP contribution in [-0.4, -0.2) is 0 Å². The average Bonchev–Trinajstić information content (AvgIpc) is 2.64. The van der Waals surface area contributed by atoms with Gasteiger partial charge in [0, 0.05) is 0 Å². The Morgan fingerprint density at radius 3 is 1.62 bits per heavy atom. The molecule has 0 saturated heterocycles. The third-order valence-corrected chi connectivity index (χ3v) is 6.15. The van der Waals surface area contributed by atoms with Crippen LogP contribution in [0.25, 0.3) is 0 Å². The molecule has 0 N–H and O–H groups in total. The molecule has 0 aliphatic heterocycles. The summed E-state index contributed by atoms with van der Waals surface area (Å²) in [7, 11) is 0. The zero-order valence-corrected chi connectivity index (χ0v) is 15.9. The maximum Gasteiger partial charge on any atom is -0.00804 e. The molecule has 0 nitrogen and oxygen atoms in total. The molecule has 0 heterocycles. The van der Waals surface area contributed by atoms with Gasteiger partial charge in [-0.15, -0.1) is 0 Å². The van der Waals surface area contributed by atoms with E-state index in [4.69, 9.17) is 0 Å².